The molecule has 20 heavy (non-hydrogen) atoms. The summed E-state index contributed by atoms with van der Waals surface area (Å²) in [6.45, 7) is 4.84. The zero-order valence-corrected chi connectivity index (χ0v) is 13.2. The summed E-state index contributed by atoms with van der Waals surface area (Å²) in [5.74, 6) is 0.179. The van der Waals surface area contributed by atoms with Crippen molar-refractivity contribution in [3.63, 3.8) is 0 Å². The van der Waals surface area contributed by atoms with Gasteiger partial charge in [0.15, 0.2) is 0 Å². The minimum absolute atomic E-state index is 0.179. The molecule has 1 saturated heterocycles. The van der Waals surface area contributed by atoms with Gasteiger partial charge in [-0.2, -0.15) is 0 Å². The Hall–Kier alpha value is -0.910. The van der Waals surface area contributed by atoms with Crippen LogP contribution in [0.2, 0.25) is 0 Å². The predicted molar refractivity (Wildman–Crippen MR) is 80.4 cm³/mol. The Bertz CT molecular complexity index is 514. The molecule has 110 valence electrons. The number of rotatable bonds is 2. The summed E-state index contributed by atoms with van der Waals surface area (Å²) >= 11 is 1.68. The van der Waals surface area contributed by atoms with Crippen molar-refractivity contribution in [3.8, 4) is 0 Å². The van der Waals surface area contributed by atoms with Gasteiger partial charge in [0.2, 0.25) is 0 Å². The number of amides is 1. The maximum Gasteiger partial charge on any atom is 0.264 e. The van der Waals surface area contributed by atoms with Crippen LogP contribution < -0.4 is 0 Å². The van der Waals surface area contributed by atoms with E-state index in [0.29, 0.717) is 6.04 Å². The van der Waals surface area contributed by atoms with Crippen molar-refractivity contribution in [3.05, 3.63) is 21.4 Å². The molecule has 0 bridgehead atoms. The Morgan fingerprint density at radius 2 is 2.25 bits per heavy atom. The fourth-order valence-electron chi connectivity index (χ4n) is 3.05. The summed E-state index contributed by atoms with van der Waals surface area (Å²) in [5.41, 5.74) is 1.37. The lowest BCUT2D eigenvalue weighted by atomic mass is 10.0. The number of nitrogens with zero attached hydrogens (tertiary/aromatic N) is 2. The number of carbonyl (C=O) groups is 1. The lowest BCUT2D eigenvalue weighted by Gasteiger charge is -2.29. The number of likely N-dealkylation sites (tertiary alicyclic amines) is 1. The average molecular weight is 294 g/mol. The summed E-state index contributed by atoms with van der Waals surface area (Å²) in [4.78, 5) is 19.1. The molecule has 1 fully saturated rings. The molecule has 0 aromatic carbocycles. The van der Waals surface area contributed by atoms with E-state index in [1.165, 1.54) is 10.4 Å². The molecule has 1 amide bonds. The molecule has 0 radical (unpaired) electrons. The number of methoxy groups -OCH3 is 1. The smallest absolute Gasteiger partial charge is 0.264 e. The van der Waals surface area contributed by atoms with Crippen molar-refractivity contribution < 1.29 is 9.53 Å². The van der Waals surface area contributed by atoms with Crippen molar-refractivity contribution in [2.45, 2.75) is 31.9 Å². The summed E-state index contributed by atoms with van der Waals surface area (Å²) in [6.07, 6.45) is 2.21. The van der Waals surface area contributed by atoms with Crippen LogP contribution in [0.1, 0.15) is 39.5 Å². The molecule has 0 saturated carbocycles. The van der Waals surface area contributed by atoms with Gasteiger partial charge in [0.05, 0.1) is 11.0 Å². The third kappa shape index (κ3) is 2.38. The highest BCUT2D eigenvalue weighted by Gasteiger charge is 2.30. The van der Waals surface area contributed by atoms with E-state index in [0.717, 1.165) is 37.4 Å². The number of thiophene rings is 1. The van der Waals surface area contributed by atoms with Crippen molar-refractivity contribution in [1.29, 1.82) is 0 Å². The van der Waals surface area contributed by atoms with E-state index in [4.69, 9.17) is 4.74 Å². The van der Waals surface area contributed by atoms with Gasteiger partial charge < -0.3 is 9.64 Å². The normalized spacial score (nSPS) is 26.9. The molecule has 5 heteroatoms. The Labute approximate surface area is 124 Å². The molecule has 3 rings (SSSR count). The highest BCUT2D eigenvalue weighted by molar-refractivity contribution is 7.14. The van der Waals surface area contributed by atoms with E-state index in [2.05, 4.69) is 24.9 Å². The van der Waals surface area contributed by atoms with E-state index in [-0.39, 0.29) is 12.0 Å². The Morgan fingerprint density at radius 3 is 2.95 bits per heavy atom. The summed E-state index contributed by atoms with van der Waals surface area (Å²) in [5, 5.41) is 0. The van der Waals surface area contributed by atoms with Crippen LogP contribution in [-0.2, 0) is 11.2 Å². The fourth-order valence-corrected chi connectivity index (χ4v) is 4.35. The first-order chi connectivity index (χ1) is 9.60. The van der Waals surface area contributed by atoms with Crippen molar-refractivity contribution in [1.82, 2.24) is 9.80 Å². The maximum atomic E-state index is 12.6. The van der Waals surface area contributed by atoms with Gasteiger partial charge >= 0.3 is 0 Å². The van der Waals surface area contributed by atoms with Gasteiger partial charge in [-0.3, -0.25) is 9.69 Å². The molecule has 1 unspecified atom stereocenters. The van der Waals surface area contributed by atoms with Crippen LogP contribution in [0, 0.1) is 0 Å². The molecule has 0 aliphatic carbocycles. The van der Waals surface area contributed by atoms with E-state index in [1.54, 1.807) is 18.4 Å². The maximum absolute atomic E-state index is 12.6. The summed E-state index contributed by atoms with van der Waals surface area (Å²) in [6, 6.07) is 2.54. The van der Waals surface area contributed by atoms with E-state index < -0.39 is 0 Å². The van der Waals surface area contributed by atoms with Crippen LogP contribution in [-0.4, -0.2) is 55.6 Å². The van der Waals surface area contributed by atoms with Crippen LogP contribution >= 0.6 is 11.3 Å². The van der Waals surface area contributed by atoms with Crippen molar-refractivity contribution in [2.24, 2.45) is 0 Å². The molecule has 4 nitrogen and oxygen atoms in total. The third-order valence-electron chi connectivity index (χ3n) is 4.59. The standard InChI is InChI=1S/C15H22N2O2S/c1-10-14-11(4-6-16(10)2)8-13(20-14)15(18)17-7-5-12(9-17)19-3/h8,10,12H,4-7,9H2,1-3H3/t10?,12-/m1/s1. The SMILES string of the molecule is CO[C@@H]1CCN(C(=O)c2cc3c(s2)C(C)N(C)CC3)C1. The quantitative estimate of drug-likeness (QED) is 0.838. The summed E-state index contributed by atoms with van der Waals surface area (Å²) in [7, 11) is 3.87. The molecule has 0 N–H and O–H groups in total. The molecule has 2 atom stereocenters. The van der Waals surface area contributed by atoms with Crippen LogP contribution in [0.15, 0.2) is 6.07 Å². The minimum Gasteiger partial charge on any atom is -0.380 e. The van der Waals surface area contributed by atoms with Gasteiger partial charge in [0.1, 0.15) is 0 Å². The average Bonchev–Trinajstić information content (AvgIpc) is 3.08. The first-order valence-corrected chi connectivity index (χ1v) is 8.06. The van der Waals surface area contributed by atoms with Gasteiger partial charge in [-0.15, -0.1) is 11.3 Å². The predicted octanol–water partition coefficient (Wildman–Crippen LogP) is 2.16. The molecular formula is C15H22N2O2S. The molecule has 3 heterocycles. The zero-order valence-electron chi connectivity index (χ0n) is 12.4. The molecular weight excluding hydrogens is 272 g/mol. The Kier molecular flexibility index (Phi) is 3.84. The van der Waals surface area contributed by atoms with E-state index in [9.17, 15) is 4.79 Å². The van der Waals surface area contributed by atoms with Crippen LogP contribution in [0.4, 0.5) is 0 Å². The van der Waals surface area contributed by atoms with Gasteiger partial charge in [-0.25, -0.2) is 0 Å². The number of ether oxygens (including phenoxy) is 1. The summed E-state index contributed by atoms with van der Waals surface area (Å²) < 4.78 is 5.34. The van der Waals surface area contributed by atoms with Crippen LogP contribution in [0.5, 0.6) is 0 Å². The number of hydrogen-bond donors (Lipinski definition) is 0. The van der Waals surface area contributed by atoms with E-state index >= 15 is 0 Å². The molecule has 1 aromatic heterocycles. The highest BCUT2D eigenvalue weighted by atomic mass is 32.1. The molecule has 2 aliphatic rings. The highest BCUT2D eigenvalue weighted by Crippen LogP contribution is 2.35. The number of likely N-dealkylation sites (N-methyl/N-ethyl adjacent to an activating group) is 1. The van der Waals surface area contributed by atoms with Crippen molar-refractivity contribution in [2.75, 3.05) is 33.8 Å². The Morgan fingerprint density at radius 1 is 1.45 bits per heavy atom. The van der Waals surface area contributed by atoms with E-state index in [1.807, 2.05) is 4.90 Å². The molecule has 0 spiro atoms. The first kappa shape index (κ1) is 14.0. The number of fused-ring (bicyclic) bond motifs is 1. The van der Waals surface area contributed by atoms with Gasteiger partial charge in [0, 0.05) is 37.7 Å². The van der Waals surface area contributed by atoms with Crippen LogP contribution in [0.25, 0.3) is 0 Å². The largest absolute Gasteiger partial charge is 0.380 e. The second-order valence-corrected chi connectivity index (χ2v) is 6.89. The third-order valence-corrected chi connectivity index (χ3v) is 5.93. The second kappa shape index (κ2) is 5.47. The number of carbonyl (C=O) groups excluding carboxylic acids is 1. The Balaban J connectivity index is 1.78. The van der Waals surface area contributed by atoms with Gasteiger partial charge in [-0.05, 0) is 38.4 Å². The topological polar surface area (TPSA) is 32.8 Å². The lowest BCUT2D eigenvalue weighted by molar-refractivity contribution is 0.0728. The molecule has 2 aliphatic heterocycles. The lowest BCUT2D eigenvalue weighted by Crippen LogP contribution is -2.29. The molecule has 1 aromatic rings. The first-order valence-electron chi connectivity index (χ1n) is 7.25. The van der Waals surface area contributed by atoms with Gasteiger partial charge in [-0.1, -0.05) is 0 Å². The fraction of sp³-hybridized carbons (Fsp3) is 0.667. The zero-order chi connectivity index (χ0) is 14.3. The minimum atomic E-state index is 0.179. The van der Waals surface area contributed by atoms with Crippen LogP contribution in [0.3, 0.4) is 0 Å². The monoisotopic (exact) mass is 294 g/mol. The van der Waals surface area contributed by atoms with Crippen molar-refractivity contribution >= 4 is 17.2 Å². The van der Waals surface area contributed by atoms with Gasteiger partial charge in [0.25, 0.3) is 5.91 Å². The number of hydrogen-bond acceptors (Lipinski definition) is 4. The second-order valence-electron chi connectivity index (χ2n) is 5.80.